The maximum Gasteiger partial charge on any atom is 0.469 e. The highest BCUT2D eigenvalue weighted by Crippen LogP contribution is 2.39. The van der Waals surface area contributed by atoms with E-state index in [1.54, 1.807) is 0 Å². The van der Waals surface area contributed by atoms with Gasteiger partial charge in [0, 0.05) is 6.20 Å². The molecule has 1 aromatic heterocycles. The van der Waals surface area contributed by atoms with Gasteiger partial charge < -0.3 is 30.5 Å². The van der Waals surface area contributed by atoms with Crippen LogP contribution in [0.1, 0.15) is 6.92 Å². The molecule has 0 aromatic carbocycles. The summed E-state index contributed by atoms with van der Waals surface area (Å²) < 4.78 is 21.3. The lowest BCUT2D eigenvalue weighted by Gasteiger charge is -2.29. The Morgan fingerprint density at radius 1 is 1.55 bits per heavy atom. The van der Waals surface area contributed by atoms with Crippen molar-refractivity contribution in [2.45, 2.75) is 31.0 Å². The highest BCUT2D eigenvalue weighted by atomic mass is 31.2. The van der Waals surface area contributed by atoms with Gasteiger partial charge in [-0.25, -0.2) is 9.36 Å². The van der Waals surface area contributed by atoms with Crippen LogP contribution >= 0.6 is 7.82 Å². The zero-order valence-corrected chi connectivity index (χ0v) is 12.3. The summed E-state index contributed by atoms with van der Waals surface area (Å²) in [5.41, 5.74) is 2.86. The molecule has 0 radical (unpaired) electrons. The Bertz CT molecular complexity index is 660. The fraction of sp³-hybridized carbons (Fsp3) is 0.600. The molecular weight excluding hydrogens is 321 g/mol. The van der Waals surface area contributed by atoms with Crippen LogP contribution in [0.2, 0.25) is 0 Å². The number of anilines is 1. The van der Waals surface area contributed by atoms with Gasteiger partial charge in [-0.2, -0.15) is 4.98 Å². The van der Waals surface area contributed by atoms with E-state index in [1.807, 2.05) is 0 Å². The van der Waals surface area contributed by atoms with Crippen molar-refractivity contribution in [1.82, 2.24) is 9.55 Å². The number of aromatic nitrogens is 2. The zero-order chi connectivity index (χ0) is 16.7. The normalized spacial score (nSPS) is 32.3. The number of phosphoric ester groups is 1. The fourth-order valence-corrected chi connectivity index (χ4v) is 2.56. The van der Waals surface area contributed by atoms with Crippen LogP contribution in [0.15, 0.2) is 17.1 Å². The summed E-state index contributed by atoms with van der Waals surface area (Å²) in [4.78, 5) is 32.7. The van der Waals surface area contributed by atoms with E-state index >= 15 is 0 Å². The fourth-order valence-electron chi connectivity index (χ4n) is 2.22. The van der Waals surface area contributed by atoms with Crippen LogP contribution in [0.4, 0.5) is 5.82 Å². The summed E-state index contributed by atoms with van der Waals surface area (Å²) in [5, 5.41) is 20.0. The average Bonchev–Trinajstić information content (AvgIpc) is 2.61. The van der Waals surface area contributed by atoms with Gasteiger partial charge in [-0.05, 0) is 13.0 Å². The molecule has 0 aliphatic carbocycles. The standard InChI is InChI=1S/C10H16N3O8P/c1-10(13-3-2-6(11)12-9(13)16)8(15)7(14)5(21-10)4-20-22(17,18)19/h2-3,5,7-8,14-15H,4H2,1H3,(H2,11,12,16)(H2,17,18,19)/t5-,7?,8+,10-/m1/s1. The van der Waals surface area contributed by atoms with Crippen LogP contribution in [0.25, 0.3) is 0 Å². The molecule has 1 unspecified atom stereocenters. The Hall–Kier alpha value is -1.33. The number of nitrogens with zero attached hydrogens (tertiary/aromatic N) is 2. The number of rotatable bonds is 4. The molecule has 6 N–H and O–H groups in total. The van der Waals surface area contributed by atoms with E-state index in [2.05, 4.69) is 9.51 Å². The monoisotopic (exact) mass is 337 g/mol. The Kier molecular flexibility index (Phi) is 4.42. The zero-order valence-electron chi connectivity index (χ0n) is 11.4. The summed E-state index contributed by atoms with van der Waals surface area (Å²) in [5.74, 6) is -0.0285. The van der Waals surface area contributed by atoms with Gasteiger partial charge in [-0.15, -0.1) is 0 Å². The second kappa shape index (κ2) is 5.70. The maximum absolute atomic E-state index is 11.9. The highest BCUT2D eigenvalue weighted by molar-refractivity contribution is 7.46. The van der Waals surface area contributed by atoms with Crippen LogP contribution in [-0.4, -0.2) is 54.5 Å². The van der Waals surface area contributed by atoms with E-state index in [1.165, 1.54) is 19.2 Å². The van der Waals surface area contributed by atoms with Gasteiger partial charge in [0.2, 0.25) is 0 Å². The molecule has 0 spiro atoms. The third-order valence-electron chi connectivity index (χ3n) is 3.35. The maximum atomic E-state index is 11.9. The first-order valence-electron chi connectivity index (χ1n) is 6.14. The topological polar surface area (TPSA) is 177 Å². The van der Waals surface area contributed by atoms with E-state index in [9.17, 15) is 19.6 Å². The summed E-state index contributed by atoms with van der Waals surface area (Å²) in [7, 11) is -4.76. The van der Waals surface area contributed by atoms with E-state index in [0.29, 0.717) is 0 Å². The molecule has 1 fully saturated rings. The molecule has 22 heavy (non-hydrogen) atoms. The minimum Gasteiger partial charge on any atom is -0.387 e. The van der Waals surface area contributed by atoms with Crippen molar-refractivity contribution in [3.05, 3.63) is 22.7 Å². The molecule has 12 heteroatoms. The largest absolute Gasteiger partial charge is 0.469 e. The molecular formula is C10H16N3O8P. The Morgan fingerprint density at radius 2 is 2.18 bits per heavy atom. The van der Waals surface area contributed by atoms with Gasteiger partial charge in [-0.3, -0.25) is 9.09 Å². The molecule has 0 bridgehead atoms. The van der Waals surface area contributed by atoms with E-state index in [0.717, 1.165) is 4.57 Å². The van der Waals surface area contributed by atoms with Crippen molar-refractivity contribution in [2.24, 2.45) is 0 Å². The summed E-state index contributed by atoms with van der Waals surface area (Å²) >= 11 is 0. The van der Waals surface area contributed by atoms with Crippen molar-refractivity contribution in [3.63, 3.8) is 0 Å². The summed E-state index contributed by atoms with van der Waals surface area (Å²) in [6, 6.07) is 1.30. The lowest BCUT2D eigenvalue weighted by atomic mass is 10.0. The van der Waals surface area contributed by atoms with Gasteiger partial charge >= 0.3 is 13.5 Å². The number of aliphatic hydroxyl groups is 2. The van der Waals surface area contributed by atoms with E-state index in [-0.39, 0.29) is 5.82 Å². The molecule has 1 aliphatic rings. The number of aliphatic hydroxyl groups excluding tert-OH is 2. The van der Waals surface area contributed by atoms with Crippen LogP contribution < -0.4 is 11.4 Å². The highest BCUT2D eigenvalue weighted by Gasteiger charge is 2.53. The van der Waals surface area contributed by atoms with E-state index < -0.39 is 44.2 Å². The van der Waals surface area contributed by atoms with Crippen LogP contribution in [0.5, 0.6) is 0 Å². The van der Waals surface area contributed by atoms with Gasteiger partial charge in [0.25, 0.3) is 0 Å². The van der Waals surface area contributed by atoms with Crippen molar-refractivity contribution in [2.75, 3.05) is 12.3 Å². The number of nitrogens with two attached hydrogens (primary N) is 1. The molecule has 124 valence electrons. The minimum atomic E-state index is -4.76. The van der Waals surface area contributed by atoms with Crippen LogP contribution in [0.3, 0.4) is 0 Å². The number of phosphoric acid groups is 1. The van der Waals surface area contributed by atoms with Crippen molar-refractivity contribution in [1.29, 1.82) is 0 Å². The van der Waals surface area contributed by atoms with Gasteiger partial charge in [0.05, 0.1) is 6.61 Å². The lowest BCUT2D eigenvalue weighted by Crippen LogP contribution is -2.48. The SMILES string of the molecule is C[C@@]1(n2ccc(N)nc2=O)O[C@H](COP(=O)(O)O)C(O)[C@@H]1O. The van der Waals surface area contributed by atoms with Crippen molar-refractivity contribution >= 4 is 13.6 Å². The summed E-state index contributed by atoms with van der Waals surface area (Å²) in [6.45, 7) is 0.646. The Labute approximate surface area is 124 Å². The van der Waals surface area contributed by atoms with Crippen LogP contribution in [-0.2, 0) is 19.6 Å². The first kappa shape index (κ1) is 17.0. The Balaban J connectivity index is 2.28. The molecule has 0 saturated carbocycles. The number of ether oxygens (including phenoxy) is 1. The number of hydrogen-bond acceptors (Lipinski definition) is 8. The molecule has 4 atom stereocenters. The van der Waals surface area contributed by atoms with Gasteiger partial charge in [0.15, 0.2) is 5.72 Å². The predicted octanol–water partition coefficient (Wildman–Crippen LogP) is -2.27. The van der Waals surface area contributed by atoms with Crippen molar-refractivity contribution < 1.29 is 33.8 Å². The molecule has 11 nitrogen and oxygen atoms in total. The molecule has 2 rings (SSSR count). The van der Waals surface area contributed by atoms with Gasteiger partial charge in [-0.1, -0.05) is 0 Å². The molecule has 2 heterocycles. The van der Waals surface area contributed by atoms with Gasteiger partial charge in [0.1, 0.15) is 24.1 Å². The molecule has 1 aliphatic heterocycles. The van der Waals surface area contributed by atoms with Crippen molar-refractivity contribution in [3.8, 4) is 0 Å². The predicted molar refractivity (Wildman–Crippen MR) is 71.4 cm³/mol. The number of nitrogen functional groups attached to an aromatic ring is 1. The number of hydrogen-bond donors (Lipinski definition) is 5. The second-order valence-corrected chi connectivity index (χ2v) is 6.18. The quantitative estimate of drug-likeness (QED) is 0.376. The van der Waals surface area contributed by atoms with E-state index in [4.69, 9.17) is 20.3 Å². The average molecular weight is 337 g/mol. The third kappa shape index (κ3) is 3.20. The summed E-state index contributed by atoms with van der Waals surface area (Å²) in [6.07, 6.45) is -3.11. The first-order valence-corrected chi connectivity index (χ1v) is 7.67. The molecule has 1 aromatic rings. The molecule has 1 saturated heterocycles. The lowest BCUT2D eigenvalue weighted by molar-refractivity contribution is -0.136. The Morgan fingerprint density at radius 3 is 2.73 bits per heavy atom. The van der Waals surface area contributed by atoms with Crippen LogP contribution in [0, 0.1) is 0 Å². The molecule has 0 amide bonds. The third-order valence-corrected chi connectivity index (χ3v) is 3.84. The smallest absolute Gasteiger partial charge is 0.387 e. The second-order valence-electron chi connectivity index (χ2n) is 4.94. The minimum absolute atomic E-state index is 0.0285. The first-order chi connectivity index (χ1) is 10.0.